The molecule has 0 spiro atoms. The van der Waals surface area contributed by atoms with E-state index in [1.54, 1.807) is 31.5 Å². The van der Waals surface area contributed by atoms with Crippen molar-refractivity contribution in [1.29, 1.82) is 0 Å². The lowest BCUT2D eigenvalue weighted by molar-refractivity contribution is 0.204. The molecule has 6 nitrogen and oxygen atoms in total. The van der Waals surface area contributed by atoms with Gasteiger partial charge >= 0.3 is 0 Å². The van der Waals surface area contributed by atoms with Gasteiger partial charge in [0, 0.05) is 13.7 Å². The van der Waals surface area contributed by atoms with Gasteiger partial charge in [-0.25, -0.2) is 0 Å². The number of hydrogen-bond acceptors (Lipinski definition) is 5. The average molecular weight is 297 g/mol. The highest BCUT2D eigenvalue weighted by atomic mass is 32.1. The minimum Gasteiger partial charge on any atom is -0.504 e. The van der Waals surface area contributed by atoms with Gasteiger partial charge < -0.3 is 19.9 Å². The quantitative estimate of drug-likeness (QED) is 0.304. The van der Waals surface area contributed by atoms with Crippen molar-refractivity contribution in [2.45, 2.75) is 6.92 Å². The summed E-state index contributed by atoms with van der Waals surface area (Å²) in [4.78, 5) is 0. The van der Waals surface area contributed by atoms with Crippen LogP contribution < -0.4 is 15.5 Å². The van der Waals surface area contributed by atoms with Crippen LogP contribution in [-0.4, -0.2) is 43.3 Å². The van der Waals surface area contributed by atoms with Gasteiger partial charge in [0.25, 0.3) is 0 Å². The molecule has 0 aromatic heterocycles. The van der Waals surface area contributed by atoms with Crippen LogP contribution in [0.1, 0.15) is 12.5 Å². The van der Waals surface area contributed by atoms with Crippen LogP contribution in [-0.2, 0) is 4.74 Å². The van der Waals surface area contributed by atoms with Crippen molar-refractivity contribution in [3.05, 3.63) is 23.8 Å². The third kappa shape index (κ3) is 5.85. The fourth-order valence-corrected chi connectivity index (χ4v) is 1.51. The van der Waals surface area contributed by atoms with Crippen LogP contribution in [0.4, 0.5) is 0 Å². The van der Waals surface area contributed by atoms with Crippen molar-refractivity contribution in [2.75, 3.05) is 26.9 Å². The normalized spacial score (nSPS) is 10.5. The summed E-state index contributed by atoms with van der Waals surface area (Å²) < 4.78 is 10.2. The zero-order valence-electron chi connectivity index (χ0n) is 11.5. The molecule has 0 heterocycles. The van der Waals surface area contributed by atoms with Crippen LogP contribution in [0.25, 0.3) is 0 Å². The number of aromatic hydroxyl groups is 1. The summed E-state index contributed by atoms with van der Waals surface area (Å²) in [6.45, 7) is 3.53. The average Bonchev–Trinajstić information content (AvgIpc) is 2.43. The van der Waals surface area contributed by atoms with Gasteiger partial charge in [0.1, 0.15) is 0 Å². The third-order valence-corrected chi connectivity index (χ3v) is 2.49. The standard InChI is InChI=1S/C13H19N3O3S/c1-3-19-12-8-10(4-5-11(12)17)9-15-16-13(20)14-6-7-18-2/h4-5,8-9,17H,3,6-7H2,1-2H3,(H2,14,16,20)/b15-9+. The lowest BCUT2D eigenvalue weighted by Crippen LogP contribution is -2.34. The SMILES string of the molecule is CCOc1cc(/C=N/NC(=S)NCCOC)ccc1O. The summed E-state index contributed by atoms with van der Waals surface area (Å²) in [5, 5.41) is 16.9. The van der Waals surface area contributed by atoms with Crippen LogP contribution in [0.3, 0.4) is 0 Å². The van der Waals surface area contributed by atoms with Crippen molar-refractivity contribution < 1.29 is 14.6 Å². The summed E-state index contributed by atoms with van der Waals surface area (Å²) in [6.07, 6.45) is 1.59. The number of nitrogens with one attached hydrogen (secondary N) is 2. The van der Waals surface area contributed by atoms with E-state index < -0.39 is 0 Å². The van der Waals surface area contributed by atoms with E-state index >= 15 is 0 Å². The zero-order chi connectivity index (χ0) is 14.8. The van der Waals surface area contributed by atoms with Crippen molar-refractivity contribution in [3.8, 4) is 11.5 Å². The van der Waals surface area contributed by atoms with E-state index in [4.69, 9.17) is 21.7 Å². The second-order valence-electron chi connectivity index (χ2n) is 3.78. The maximum atomic E-state index is 9.57. The van der Waals surface area contributed by atoms with Crippen LogP contribution in [0, 0.1) is 0 Å². The molecule has 0 radical (unpaired) electrons. The van der Waals surface area contributed by atoms with E-state index in [-0.39, 0.29) is 5.75 Å². The number of phenolic OH excluding ortho intramolecular Hbond substituents is 1. The molecular formula is C13H19N3O3S. The maximum absolute atomic E-state index is 9.57. The first-order valence-electron chi connectivity index (χ1n) is 6.19. The lowest BCUT2D eigenvalue weighted by atomic mass is 10.2. The number of phenols is 1. The molecule has 0 aliphatic carbocycles. The maximum Gasteiger partial charge on any atom is 0.187 e. The molecule has 0 fully saturated rings. The molecule has 3 N–H and O–H groups in total. The first-order valence-corrected chi connectivity index (χ1v) is 6.59. The first-order chi connectivity index (χ1) is 9.67. The molecule has 0 aliphatic heterocycles. The molecule has 0 amide bonds. The van der Waals surface area contributed by atoms with Gasteiger partial charge in [-0.3, -0.25) is 5.43 Å². The molecule has 1 rings (SSSR count). The van der Waals surface area contributed by atoms with E-state index in [0.717, 1.165) is 5.56 Å². The highest BCUT2D eigenvalue weighted by molar-refractivity contribution is 7.80. The van der Waals surface area contributed by atoms with Gasteiger partial charge in [0.05, 0.1) is 19.4 Å². The van der Waals surface area contributed by atoms with Crippen molar-refractivity contribution >= 4 is 23.5 Å². The highest BCUT2D eigenvalue weighted by Crippen LogP contribution is 2.25. The summed E-state index contributed by atoms with van der Waals surface area (Å²) in [7, 11) is 1.62. The molecule has 0 atom stereocenters. The highest BCUT2D eigenvalue weighted by Gasteiger charge is 2.01. The van der Waals surface area contributed by atoms with Gasteiger partial charge in [0.2, 0.25) is 0 Å². The van der Waals surface area contributed by atoms with E-state index in [1.165, 1.54) is 0 Å². The molecule has 1 aromatic carbocycles. The Bertz CT molecular complexity index is 466. The van der Waals surface area contributed by atoms with Gasteiger partial charge in [-0.15, -0.1) is 0 Å². The Morgan fingerprint density at radius 3 is 3.00 bits per heavy atom. The van der Waals surface area contributed by atoms with Crippen LogP contribution >= 0.6 is 12.2 Å². The minimum atomic E-state index is 0.105. The zero-order valence-corrected chi connectivity index (χ0v) is 12.4. The summed E-state index contributed by atoms with van der Waals surface area (Å²) in [5.74, 6) is 0.533. The number of ether oxygens (including phenoxy) is 2. The van der Waals surface area contributed by atoms with E-state index in [2.05, 4.69) is 15.8 Å². The number of benzene rings is 1. The molecule has 7 heteroatoms. The molecule has 0 bridgehead atoms. The fraction of sp³-hybridized carbons (Fsp3) is 0.385. The fourth-order valence-electron chi connectivity index (χ4n) is 1.35. The Balaban J connectivity index is 2.49. The predicted molar refractivity (Wildman–Crippen MR) is 82.5 cm³/mol. The monoisotopic (exact) mass is 297 g/mol. The van der Waals surface area contributed by atoms with Gasteiger partial charge in [-0.05, 0) is 42.9 Å². The topological polar surface area (TPSA) is 75.1 Å². The Labute approximate surface area is 123 Å². The molecule has 0 unspecified atom stereocenters. The second kappa shape index (κ2) is 9.11. The molecule has 0 saturated heterocycles. The smallest absolute Gasteiger partial charge is 0.187 e. The number of methoxy groups -OCH3 is 1. The van der Waals surface area contributed by atoms with Crippen LogP contribution in [0.15, 0.2) is 23.3 Å². The Morgan fingerprint density at radius 2 is 2.30 bits per heavy atom. The molecule has 0 aliphatic rings. The second-order valence-corrected chi connectivity index (χ2v) is 4.19. The lowest BCUT2D eigenvalue weighted by Gasteiger charge is -2.07. The van der Waals surface area contributed by atoms with Crippen molar-refractivity contribution in [3.63, 3.8) is 0 Å². The predicted octanol–water partition coefficient (Wildman–Crippen LogP) is 1.24. The van der Waals surface area contributed by atoms with Gasteiger partial charge in [-0.2, -0.15) is 5.10 Å². The number of thiocarbonyl (C=S) groups is 1. The third-order valence-electron chi connectivity index (χ3n) is 2.26. The molecule has 110 valence electrons. The van der Waals surface area contributed by atoms with E-state index in [9.17, 15) is 5.11 Å². The molecular weight excluding hydrogens is 278 g/mol. The summed E-state index contributed by atoms with van der Waals surface area (Å²) in [5.41, 5.74) is 3.48. The van der Waals surface area contributed by atoms with E-state index in [0.29, 0.717) is 30.6 Å². The van der Waals surface area contributed by atoms with Gasteiger partial charge in [0.15, 0.2) is 16.6 Å². The Hall–Kier alpha value is -1.86. The molecule has 0 saturated carbocycles. The summed E-state index contributed by atoms with van der Waals surface area (Å²) >= 11 is 5.01. The first kappa shape index (κ1) is 16.2. The summed E-state index contributed by atoms with van der Waals surface area (Å²) in [6, 6.07) is 4.98. The van der Waals surface area contributed by atoms with Crippen LogP contribution in [0.2, 0.25) is 0 Å². The molecule has 20 heavy (non-hydrogen) atoms. The van der Waals surface area contributed by atoms with Gasteiger partial charge in [-0.1, -0.05) is 0 Å². The van der Waals surface area contributed by atoms with Crippen LogP contribution in [0.5, 0.6) is 11.5 Å². The van der Waals surface area contributed by atoms with Crippen molar-refractivity contribution in [1.82, 2.24) is 10.7 Å². The number of rotatable bonds is 7. The van der Waals surface area contributed by atoms with Crippen molar-refractivity contribution in [2.24, 2.45) is 5.10 Å². The number of hydrogen-bond donors (Lipinski definition) is 3. The number of hydrazone groups is 1. The minimum absolute atomic E-state index is 0.105. The van der Waals surface area contributed by atoms with E-state index in [1.807, 2.05) is 6.92 Å². The Morgan fingerprint density at radius 1 is 1.50 bits per heavy atom. The largest absolute Gasteiger partial charge is 0.504 e. The number of nitrogens with zero attached hydrogens (tertiary/aromatic N) is 1. The molecule has 1 aromatic rings. The Kier molecular flexibility index (Phi) is 7.38.